The molecule has 25 heavy (non-hydrogen) atoms. The zero-order valence-corrected chi connectivity index (χ0v) is 14.7. The number of rotatable bonds is 3. The zero-order chi connectivity index (χ0) is 17.2. The lowest BCUT2D eigenvalue weighted by Crippen LogP contribution is -2.41. The number of hydrogen-bond acceptors (Lipinski definition) is 3. The van der Waals surface area contributed by atoms with E-state index in [0.717, 1.165) is 56.8 Å². The highest BCUT2D eigenvalue weighted by atomic mass is 16.2. The lowest BCUT2D eigenvalue weighted by molar-refractivity contribution is 0.160. The number of carbonyl (C=O) groups excluding carboxylic acids is 1. The van der Waals surface area contributed by atoms with Gasteiger partial charge in [0.2, 0.25) is 0 Å². The molecule has 3 heterocycles. The van der Waals surface area contributed by atoms with Crippen molar-refractivity contribution in [3.8, 4) is 0 Å². The molecule has 2 aliphatic heterocycles. The second-order valence-corrected chi connectivity index (χ2v) is 6.78. The van der Waals surface area contributed by atoms with Gasteiger partial charge in [0.1, 0.15) is 5.82 Å². The molecule has 6 heteroatoms. The molecule has 2 N–H and O–H groups in total. The summed E-state index contributed by atoms with van der Waals surface area (Å²) in [6.45, 7) is 5.00. The maximum atomic E-state index is 12.9. The largest absolute Gasteiger partial charge is 0.371 e. The van der Waals surface area contributed by atoms with E-state index in [-0.39, 0.29) is 12.1 Å². The Bertz CT molecular complexity index is 742. The number of H-pyrrole nitrogens is 1. The van der Waals surface area contributed by atoms with Crippen LogP contribution in [-0.2, 0) is 6.42 Å². The SMILES string of the molecule is CCN1CCc2ccc(NC(=O)N3CCCC[C@@H]3c3ncc[nH]3)cc21. The summed E-state index contributed by atoms with van der Waals surface area (Å²) in [4.78, 5) is 24.7. The first-order valence-electron chi connectivity index (χ1n) is 9.21. The van der Waals surface area contributed by atoms with Crippen molar-refractivity contribution >= 4 is 17.4 Å². The molecule has 0 spiro atoms. The highest BCUT2D eigenvalue weighted by molar-refractivity contribution is 5.90. The van der Waals surface area contributed by atoms with E-state index in [4.69, 9.17) is 0 Å². The van der Waals surface area contributed by atoms with Crippen LogP contribution in [0.3, 0.4) is 0 Å². The molecule has 0 bridgehead atoms. The fourth-order valence-electron chi connectivity index (χ4n) is 3.97. The third-order valence-electron chi connectivity index (χ3n) is 5.31. The fourth-order valence-corrected chi connectivity index (χ4v) is 3.97. The van der Waals surface area contributed by atoms with E-state index in [2.05, 4.69) is 39.2 Å². The van der Waals surface area contributed by atoms with Crippen molar-refractivity contribution in [2.45, 2.75) is 38.6 Å². The quantitative estimate of drug-likeness (QED) is 0.899. The second-order valence-electron chi connectivity index (χ2n) is 6.78. The molecule has 0 aliphatic carbocycles. The normalized spacial score (nSPS) is 19.8. The van der Waals surface area contributed by atoms with Gasteiger partial charge in [-0.05, 0) is 50.3 Å². The van der Waals surface area contributed by atoms with E-state index < -0.39 is 0 Å². The molecule has 1 aromatic heterocycles. The van der Waals surface area contributed by atoms with E-state index in [0.29, 0.717) is 0 Å². The maximum Gasteiger partial charge on any atom is 0.322 e. The third-order valence-corrected chi connectivity index (χ3v) is 5.31. The number of carbonyl (C=O) groups is 1. The van der Waals surface area contributed by atoms with Gasteiger partial charge in [0.15, 0.2) is 0 Å². The van der Waals surface area contributed by atoms with Crippen molar-refractivity contribution in [3.05, 3.63) is 42.0 Å². The van der Waals surface area contributed by atoms with Gasteiger partial charge in [-0.2, -0.15) is 0 Å². The molecule has 1 saturated heterocycles. The van der Waals surface area contributed by atoms with Crippen LogP contribution in [0, 0.1) is 0 Å². The summed E-state index contributed by atoms with van der Waals surface area (Å²) in [5.74, 6) is 0.876. The molecule has 1 atom stereocenters. The highest BCUT2D eigenvalue weighted by Crippen LogP contribution is 2.32. The Balaban J connectivity index is 1.51. The first kappa shape index (κ1) is 16.0. The Kier molecular flexibility index (Phi) is 4.34. The number of imidazole rings is 1. The molecular weight excluding hydrogens is 314 g/mol. The minimum atomic E-state index is -0.0397. The standard InChI is InChI=1S/C19H25N5O/c1-2-23-12-8-14-6-7-15(13-17(14)23)22-19(25)24-11-4-3-5-16(24)18-20-9-10-21-18/h6-7,9-10,13,16H,2-5,8,11-12H2,1H3,(H,20,21)(H,22,25)/t16-/m1/s1. The van der Waals surface area contributed by atoms with Crippen LogP contribution in [0.1, 0.15) is 43.6 Å². The molecule has 1 fully saturated rings. The van der Waals surface area contributed by atoms with Crippen LogP contribution in [0.5, 0.6) is 0 Å². The summed E-state index contributed by atoms with van der Waals surface area (Å²) in [6, 6.07) is 6.26. The minimum Gasteiger partial charge on any atom is -0.371 e. The van der Waals surface area contributed by atoms with E-state index in [9.17, 15) is 4.79 Å². The van der Waals surface area contributed by atoms with Crippen molar-refractivity contribution in [2.24, 2.45) is 0 Å². The summed E-state index contributed by atoms with van der Waals surface area (Å²) < 4.78 is 0. The molecule has 2 amide bonds. The fraction of sp³-hybridized carbons (Fsp3) is 0.474. The minimum absolute atomic E-state index is 0.0327. The van der Waals surface area contributed by atoms with Crippen molar-refractivity contribution in [1.82, 2.24) is 14.9 Å². The Labute approximate surface area is 148 Å². The Hall–Kier alpha value is -2.50. The monoisotopic (exact) mass is 339 g/mol. The first-order chi connectivity index (χ1) is 12.3. The van der Waals surface area contributed by atoms with Gasteiger partial charge in [0.05, 0.1) is 6.04 Å². The summed E-state index contributed by atoms with van der Waals surface area (Å²) >= 11 is 0. The summed E-state index contributed by atoms with van der Waals surface area (Å²) in [6.07, 6.45) is 7.77. The number of aromatic nitrogens is 2. The predicted octanol–water partition coefficient (Wildman–Crippen LogP) is 3.55. The van der Waals surface area contributed by atoms with E-state index >= 15 is 0 Å². The number of hydrogen-bond donors (Lipinski definition) is 2. The van der Waals surface area contributed by atoms with Crippen molar-refractivity contribution < 1.29 is 4.79 Å². The maximum absolute atomic E-state index is 12.9. The highest BCUT2D eigenvalue weighted by Gasteiger charge is 2.30. The summed E-state index contributed by atoms with van der Waals surface area (Å²) in [5.41, 5.74) is 3.49. The van der Waals surface area contributed by atoms with Gasteiger partial charge >= 0.3 is 6.03 Å². The molecule has 132 valence electrons. The van der Waals surface area contributed by atoms with Crippen LogP contribution < -0.4 is 10.2 Å². The average molecular weight is 339 g/mol. The molecule has 2 aromatic rings. The Morgan fingerprint density at radius 1 is 1.36 bits per heavy atom. The smallest absolute Gasteiger partial charge is 0.322 e. The average Bonchev–Trinajstić information content (AvgIpc) is 3.31. The molecule has 0 saturated carbocycles. The van der Waals surface area contributed by atoms with Gasteiger partial charge in [-0.1, -0.05) is 6.07 Å². The number of nitrogens with zero attached hydrogens (tertiary/aromatic N) is 3. The molecule has 2 aliphatic rings. The zero-order valence-electron chi connectivity index (χ0n) is 14.7. The van der Waals surface area contributed by atoms with Gasteiger partial charge in [0, 0.05) is 43.4 Å². The van der Waals surface area contributed by atoms with E-state index in [1.54, 1.807) is 6.20 Å². The molecule has 4 rings (SSSR count). The second kappa shape index (κ2) is 6.78. The van der Waals surface area contributed by atoms with Crippen molar-refractivity contribution in [3.63, 3.8) is 0 Å². The van der Waals surface area contributed by atoms with Gasteiger partial charge < -0.3 is 20.1 Å². The number of fused-ring (bicyclic) bond motifs is 1. The first-order valence-corrected chi connectivity index (χ1v) is 9.21. The van der Waals surface area contributed by atoms with Crippen LogP contribution in [0.25, 0.3) is 0 Å². The number of urea groups is 1. The number of aromatic amines is 1. The number of amides is 2. The molecule has 1 aromatic carbocycles. The number of likely N-dealkylation sites (tertiary alicyclic amines) is 1. The van der Waals surface area contributed by atoms with Crippen LogP contribution in [0.2, 0.25) is 0 Å². The summed E-state index contributed by atoms with van der Waals surface area (Å²) in [7, 11) is 0. The summed E-state index contributed by atoms with van der Waals surface area (Å²) in [5, 5.41) is 3.10. The van der Waals surface area contributed by atoms with Crippen molar-refractivity contribution in [2.75, 3.05) is 29.9 Å². The van der Waals surface area contributed by atoms with Crippen LogP contribution >= 0.6 is 0 Å². The number of piperidine rings is 1. The number of anilines is 2. The van der Waals surface area contributed by atoms with Gasteiger partial charge in [-0.3, -0.25) is 0 Å². The van der Waals surface area contributed by atoms with Gasteiger partial charge in [-0.25, -0.2) is 9.78 Å². The predicted molar refractivity (Wildman–Crippen MR) is 98.9 cm³/mol. The van der Waals surface area contributed by atoms with Crippen LogP contribution in [0.4, 0.5) is 16.2 Å². The molecule has 0 radical (unpaired) electrons. The van der Waals surface area contributed by atoms with Gasteiger partial charge in [-0.15, -0.1) is 0 Å². The van der Waals surface area contributed by atoms with Crippen molar-refractivity contribution in [1.29, 1.82) is 0 Å². The third kappa shape index (κ3) is 3.08. The van der Waals surface area contributed by atoms with Crippen LogP contribution in [-0.4, -0.2) is 40.5 Å². The molecule has 6 nitrogen and oxygen atoms in total. The molecular formula is C19H25N5O. The Morgan fingerprint density at radius 3 is 3.08 bits per heavy atom. The topological polar surface area (TPSA) is 64.3 Å². The lowest BCUT2D eigenvalue weighted by Gasteiger charge is -2.34. The van der Waals surface area contributed by atoms with Gasteiger partial charge in [0.25, 0.3) is 0 Å². The van der Waals surface area contributed by atoms with E-state index in [1.807, 2.05) is 17.2 Å². The van der Waals surface area contributed by atoms with E-state index in [1.165, 1.54) is 11.3 Å². The number of benzene rings is 1. The van der Waals surface area contributed by atoms with Crippen LogP contribution in [0.15, 0.2) is 30.6 Å². The number of likely N-dealkylation sites (N-methyl/N-ethyl adjacent to an activating group) is 1. The number of nitrogens with one attached hydrogen (secondary N) is 2. The molecule has 0 unspecified atom stereocenters. The Morgan fingerprint density at radius 2 is 2.28 bits per heavy atom. The lowest BCUT2D eigenvalue weighted by atomic mass is 10.0.